The standard InChI is InChI=1S/C18H25FN2O/c1-13-11-17(18(22)12-20-9-3-4-10-20)14(2)21(13)16-7-5-15(19)6-8-16/h5,7-8,11,15,18,22H,3-4,6,9-10,12H2,1-2H3. The fourth-order valence-electron chi connectivity index (χ4n) is 3.58. The summed E-state index contributed by atoms with van der Waals surface area (Å²) < 4.78 is 15.4. The van der Waals surface area contributed by atoms with Gasteiger partial charge in [-0.2, -0.15) is 0 Å². The van der Waals surface area contributed by atoms with Gasteiger partial charge in [0.1, 0.15) is 6.17 Å². The van der Waals surface area contributed by atoms with E-state index >= 15 is 0 Å². The number of rotatable bonds is 4. The van der Waals surface area contributed by atoms with Crippen LogP contribution in [0.2, 0.25) is 0 Å². The molecule has 120 valence electrons. The van der Waals surface area contributed by atoms with E-state index in [9.17, 15) is 9.50 Å². The molecule has 0 saturated carbocycles. The van der Waals surface area contributed by atoms with E-state index in [1.165, 1.54) is 12.8 Å². The van der Waals surface area contributed by atoms with E-state index in [-0.39, 0.29) is 0 Å². The largest absolute Gasteiger partial charge is 0.387 e. The Balaban J connectivity index is 1.82. The number of allylic oxidation sites excluding steroid dienone is 4. The number of aliphatic hydroxyl groups is 1. The van der Waals surface area contributed by atoms with Crippen LogP contribution < -0.4 is 0 Å². The first-order valence-corrected chi connectivity index (χ1v) is 8.18. The molecule has 0 aromatic carbocycles. The summed E-state index contributed by atoms with van der Waals surface area (Å²) in [7, 11) is 0. The average Bonchev–Trinajstić information content (AvgIpc) is 3.09. The van der Waals surface area contributed by atoms with Gasteiger partial charge in [0.15, 0.2) is 0 Å². The lowest BCUT2D eigenvalue weighted by Gasteiger charge is -2.20. The minimum absolute atomic E-state index is 0.425. The number of halogens is 1. The van der Waals surface area contributed by atoms with Crippen LogP contribution in [0.25, 0.3) is 5.70 Å². The summed E-state index contributed by atoms with van der Waals surface area (Å²) in [4.78, 5) is 2.32. The van der Waals surface area contributed by atoms with Gasteiger partial charge in [0.05, 0.1) is 6.10 Å². The number of hydrogen-bond acceptors (Lipinski definition) is 2. The number of aliphatic hydroxyl groups excluding tert-OH is 1. The molecule has 3 rings (SSSR count). The number of likely N-dealkylation sites (tertiary alicyclic amines) is 1. The van der Waals surface area contributed by atoms with Gasteiger partial charge in [-0.25, -0.2) is 4.39 Å². The number of hydrogen-bond donors (Lipinski definition) is 1. The number of alkyl halides is 1. The van der Waals surface area contributed by atoms with Crippen molar-refractivity contribution in [1.82, 2.24) is 9.47 Å². The molecular weight excluding hydrogens is 279 g/mol. The van der Waals surface area contributed by atoms with Gasteiger partial charge in [0, 0.05) is 35.6 Å². The maximum Gasteiger partial charge on any atom is 0.122 e. The summed E-state index contributed by atoms with van der Waals surface area (Å²) in [5, 5.41) is 10.6. The second-order valence-electron chi connectivity index (χ2n) is 6.43. The van der Waals surface area contributed by atoms with E-state index in [2.05, 4.69) is 15.5 Å². The Hall–Kier alpha value is -1.39. The van der Waals surface area contributed by atoms with Gasteiger partial charge in [0.25, 0.3) is 0 Å². The summed E-state index contributed by atoms with van der Waals surface area (Å²) in [5.41, 5.74) is 4.13. The maximum atomic E-state index is 13.2. The molecule has 1 fully saturated rings. The minimum Gasteiger partial charge on any atom is -0.387 e. The molecule has 1 aromatic heterocycles. The second-order valence-corrected chi connectivity index (χ2v) is 6.43. The van der Waals surface area contributed by atoms with Gasteiger partial charge >= 0.3 is 0 Å². The van der Waals surface area contributed by atoms with E-state index in [1.807, 2.05) is 26.0 Å². The van der Waals surface area contributed by atoms with Crippen molar-refractivity contribution in [3.63, 3.8) is 0 Å². The molecule has 0 amide bonds. The zero-order valence-corrected chi connectivity index (χ0v) is 13.4. The van der Waals surface area contributed by atoms with Crippen molar-refractivity contribution in [2.45, 2.75) is 45.4 Å². The van der Waals surface area contributed by atoms with Crippen molar-refractivity contribution < 1.29 is 9.50 Å². The molecule has 4 heteroatoms. The number of β-amino-alcohol motifs (C(OH)–C–C–N with tert-alkyl or cyclic N) is 1. The molecule has 1 saturated heterocycles. The van der Waals surface area contributed by atoms with E-state index in [0.29, 0.717) is 13.0 Å². The monoisotopic (exact) mass is 304 g/mol. The van der Waals surface area contributed by atoms with E-state index in [4.69, 9.17) is 0 Å². The molecule has 22 heavy (non-hydrogen) atoms. The van der Waals surface area contributed by atoms with Crippen LogP contribution in [0.3, 0.4) is 0 Å². The SMILES string of the molecule is Cc1cc(C(O)CN2CCCC2)c(C)n1C1=CCC(F)C=C1. The number of nitrogens with zero attached hydrogens (tertiary/aromatic N) is 2. The van der Waals surface area contributed by atoms with Gasteiger partial charge in [-0.1, -0.05) is 6.08 Å². The normalized spacial score (nSPS) is 23.8. The molecule has 1 aliphatic carbocycles. The molecule has 2 heterocycles. The van der Waals surface area contributed by atoms with Gasteiger partial charge < -0.3 is 14.6 Å². The zero-order valence-electron chi connectivity index (χ0n) is 13.4. The molecule has 0 radical (unpaired) electrons. The number of aryl methyl sites for hydroxylation is 1. The van der Waals surface area contributed by atoms with Gasteiger partial charge in [-0.3, -0.25) is 0 Å². The van der Waals surface area contributed by atoms with E-state index in [1.54, 1.807) is 6.08 Å². The van der Waals surface area contributed by atoms with Crippen molar-refractivity contribution in [3.8, 4) is 0 Å². The van der Waals surface area contributed by atoms with Crippen LogP contribution in [0.5, 0.6) is 0 Å². The van der Waals surface area contributed by atoms with Crippen molar-refractivity contribution in [2.24, 2.45) is 0 Å². The summed E-state index contributed by atoms with van der Waals surface area (Å²) in [6.45, 7) is 6.94. The molecule has 1 aliphatic heterocycles. The lowest BCUT2D eigenvalue weighted by Crippen LogP contribution is -2.25. The fourth-order valence-corrected chi connectivity index (χ4v) is 3.58. The molecule has 3 nitrogen and oxygen atoms in total. The second kappa shape index (κ2) is 6.39. The third kappa shape index (κ3) is 3.03. The third-order valence-electron chi connectivity index (χ3n) is 4.75. The highest BCUT2D eigenvalue weighted by Gasteiger charge is 2.22. The highest BCUT2D eigenvalue weighted by atomic mass is 19.1. The number of aromatic nitrogens is 1. The van der Waals surface area contributed by atoms with Crippen LogP contribution in [-0.4, -0.2) is 40.4 Å². The molecule has 1 aromatic rings. The summed E-state index contributed by atoms with van der Waals surface area (Å²) in [6, 6.07) is 2.06. The van der Waals surface area contributed by atoms with E-state index in [0.717, 1.165) is 35.7 Å². The van der Waals surface area contributed by atoms with Gasteiger partial charge in [0.2, 0.25) is 0 Å². The smallest absolute Gasteiger partial charge is 0.122 e. The van der Waals surface area contributed by atoms with Gasteiger partial charge in [-0.05, 0) is 58.0 Å². The van der Waals surface area contributed by atoms with Crippen molar-refractivity contribution in [3.05, 3.63) is 41.2 Å². The summed E-state index contributed by atoms with van der Waals surface area (Å²) in [5.74, 6) is 0. The first kappa shape index (κ1) is 15.5. The van der Waals surface area contributed by atoms with Crippen molar-refractivity contribution in [2.75, 3.05) is 19.6 Å². The first-order chi connectivity index (χ1) is 10.6. The zero-order chi connectivity index (χ0) is 15.7. The van der Waals surface area contributed by atoms with Crippen LogP contribution in [0.4, 0.5) is 4.39 Å². The minimum atomic E-state index is -0.875. The Morgan fingerprint density at radius 1 is 1.32 bits per heavy atom. The molecule has 2 unspecified atom stereocenters. The highest BCUT2D eigenvalue weighted by molar-refractivity contribution is 5.62. The Kier molecular flexibility index (Phi) is 4.50. The van der Waals surface area contributed by atoms with Crippen LogP contribution >= 0.6 is 0 Å². The fraction of sp³-hybridized carbons (Fsp3) is 0.556. The topological polar surface area (TPSA) is 28.4 Å². The Labute approximate surface area is 131 Å². The van der Waals surface area contributed by atoms with Crippen LogP contribution in [0, 0.1) is 13.8 Å². The lowest BCUT2D eigenvalue weighted by molar-refractivity contribution is 0.125. The van der Waals surface area contributed by atoms with E-state index < -0.39 is 12.3 Å². The molecule has 0 spiro atoms. The van der Waals surface area contributed by atoms with Crippen molar-refractivity contribution >= 4 is 5.70 Å². The Morgan fingerprint density at radius 2 is 2.05 bits per heavy atom. The summed E-state index contributed by atoms with van der Waals surface area (Å²) >= 11 is 0. The van der Waals surface area contributed by atoms with Gasteiger partial charge in [-0.15, -0.1) is 0 Å². The van der Waals surface area contributed by atoms with Crippen LogP contribution in [0.1, 0.15) is 42.3 Å². The average molecular weight is 304 g/mol. The summed E-state index contributed by atoms with van der Waals surface area (Å²) in [6.07, 6.45) is 6.93. The predicted octanol–water partition coefficient (Wildman–Crippen LogP) is 3.37. The first-order valence-electron chi connectivity index (χ1n) is 8.18. The maximum absolute atomic E-state index is 13.2. The quantitative estimate of drug-likeness (QED) is 0.924. The molecule has 0 bridgehead atoms. The molecule has 1 N–H and O–H groups in total. The van der Waals surface area contributed by atoms with Crippen molar-refractivity contribution in [1.29, 1.82) is 0 Å². The highest BCUT2D eigenvalue weighted by Crippen LogP contribution is 2.28. The molecular formula is C18H25FN2O. The third-order valence-corrected chi connectivity index (χ3v) is 4.75. The predicted molar refractivity (Wildman–Crippen MR) is 87.5 cm³/mol. The van der Waals surface area contributed by atoms with Crippen LogP contribution in [0.15, 0.2) is 24.3 Å². The van der Waals surface area contributed by atoms with Crippen LogP contribution in [-0.2, 0) is 0 Å². The Bertz CT molecular complexity index is 596. The Morgan fingerprint density at radius 3 is 2.68 bits per heavy atom. The lowest BCUT2D eigenvalue weighted by atomic mass is 10.1. The molecule has 2 atom stereocenters. The molecule has 2 aliphatic rings.